The zero-order chi connectivity index (χ0) is 13.5. The summed E-state index contributed by atoms with van der Waals surface area (Å²) in [5.74, 6) is -0.906. The SMILES string of the molecule is CCN(CCC(=O)O)C(=O)NCc1ncc(C)s1. The third-order valence-electron chi connectivity index (χ3n) is 2.32. The third kappa shape index (κ3) is 4.70. The number of aromatic nitrogens is 1. The van der Waals surface area contributed by atoms with E-state index in [9.17, 15) is 9.59 Å². The maximum absolute atomic E-state index is 11.8. The van der Waals surface area contributed by atoms with Crippen molar-refractivity contribution in [1.29, 1.82) is 0 Å². The Morgan fingerprint density at radius 2 is 2.28 bits per heavy atom. The van der Waals surface area contributed by atoms with Crippen LogP contribution in [0, 0.1) is 6.92 Å². The van der Waals surface area contributed by atoms with E-state index in [0.717, 1.165) is 9.88 Å². The van der Waals surface area contributed by atoms with Gasteiger partial charge in [-0.1, -0.05) is 0 Å². The molecule has 0 saturated heterocycles. The van der Waals surface area contributed by atoms with Gasteiger partial charge < -0.3 is 15.3 Å². The number of urea groups is 1. The average Bonchev–Trinajstić information content (AvgIpc) is 2.73. The normalized spacial score (nSPS) is 10.1. The first kappa shape index (κ1) is 14.4. The Morgan fingerprint density at radius 1 is 1.56 bits per heavy atom. The molecule has 1 heterocycles. The monoisotopic (exact) mass is 271 g/mol. The van der Waals surface area contributed by atoms with Crippen molar-refractivity contribution in [2.75, 3.05) is 13.1 Å². The number of nitrogens with zero attached hydrogens (tertiary/aromatic N) is 2. The van der Waals surface area contributed by atoms with Gasteiger partial charge in [-0.05, 0) is 13.8 Å². The molecule has 6 nitrogen and oxygen atoms in total. The summed E-state index contributed by atoms with van der Waals surface area (Å²) >= 11 is 1.53. The first-order valence-electron chi connectivity index (χ1n) is 5.68. The summed E-state index contributed by atoms with van der Waals surface area (Å²) in [4.78, 5) is 28.9. The van der Waals surface area contributed by atoms with E-state index < -0.39 is 5.97 Å². The second kappa shape index (κ2) is 6.95. The molecule has 1 rings (SSSR count). The highest BCUT2D eigenvalue weighted by atomic mass is 32.1. The van der Waals surface area contributed by atoms with Crippen molar-refractivity contribution in [2.45, 2.75) is 26.8 Å². The fraction of sp³-hybridized carbons (Fsp3) is 0.545. The lowest BCUT2D eigenvalue weighted by Crippen LogP contribution is -2.40. The van der Waals surface area contributed by atoms with Crippen LogP contribution in [0.3, 0.4) is 0 Å². The van der Waals surface area contributed by atoms with Gasteiger partial charge in [0.2, 0.25) is 0 Å². The third-order valence-corrected chi connectivity index (χ3v) is 3.24. The molecule has 1 aromatic rings. The zero-order valence-corrected chi connectivity index (χ0v) is 11.3. The number of carbonyl (C=O) groups is 2. The minimum atomic E-state index is -0.906. The molecule has 1 aromatic heterocycles. The van der Waals surface area contributed by atoms with Crippen molar-refractivity contribution in [3.05, 3.63) is 16.1 Å². The molecule has 0 bridgehead atoms. The summed E-state index contributed by atoms with van der Waals surface area (Å²) in [6.45, 7) is 4.84. The van der Waals surface area contributed by atoms with Gasteiger partial charge in [-0.25, -0.2) is 9.78 Å². The van der Waals surface area contributed by atoms with E-state index in [0.29, 0.717) is 13.1 Å². The summed E-state index contributed by atoms with van der Waals surface area (Å²) in [6, 6.07) is -0.258. The number of carboxylic acids is 1. The van der Waals surface area contributed by atoms with Crippen LogP contribution in [0.1, 0.15) is 23.2 Å². The van der Waals surface area contributed by atoms with E-state index in [2.05, 4.69) is 10.3 Å². The standard InChI is InChI=1S/C11H17N3O3S/c1-3-14(5-4-10(15)16)11(17)13-7-9-12-6-8(2)18-9/h6H,3-5,7H2,1-2H3,(H,13,17)(H,15,16). The maximum Gasteiger partial charge on any atom is 0.317 e. The van der Waals surface area contributed by atoms with Gasteiger partial charge in [0.05, 0.1) is 13.0 Å². The van der Waals surface area contributed by atoms with Gasteiger partial charge in [0, 0.05) is 24.2 Å². The number of carboxylic acid groups (broad SMARTS) is 1. The minimum Gasteiger partial charge on any atom is -0.481 e. The van der Waals surface area contributed by atoms with Crippen molar-refractivity contribution in [3.8, 4) is 0 Å². The zero-order valence-electron chi connectivity index (χ0n) is 10.5. The van der Waals surface area contributed by atoms with Crippen molar-refractivity contribution in [3.63, 3.8) is 0 Å². The number of nitrogens with one attached hydrogen (secondary N) is 1. The lowest BCUT2D eigenvalue weighted by atomic mass is 10.4. The van der Waals surface area contributed by atoms with E-state index in [4.69, 9.17) is 5.11 Å². The van der Waals surface area contributed by atoms with E-state index >= 15 is 0 Å². The summed E-state index contributed by atoms with van der Waals surface area (Å²) in [7, 11) is 0. The molecule has 0 aliphatic heterocycles. The largest absolute Gasteiger partial charge is 0.481 e. The molecule has 7 heteroatoms. The molecule has 0 spiro atoms. The van der Waals surface area contributed by atoms with Gasteiger partial charge >= 0.3 is 12.0 Å². The Labute approximate surface area is 110 Å². The van der Waals surface area contributed by atoms with Gasteiger partial charge in [-0.3, -0.25) is 4.79 Å². The Bertz CT molecular complexity index is 419. The van der Waals surface area contributed by atoms with E-state index in [1.54, 1.807) is 6.20 Å². The highest BCUT2D eigenvalue weighted by Crippen LogP contribution is 2.10. The lowest BCUT2D eigenvalue weighted by Gasteiger charge is -2.20. The van der Waals surface area contributed by atoms with Crippen LogP contribution in [-0.4, -0.2) is 40.1 Å². The predicted molar refractivity (Wildman–Crippen MR) is 68.6 cm³/mol. The van der Waals surface area contributed by atoms with Crippen LogP contribution in [0.2, 0.25) is 0 Å². The lowest BCUT2D eigenvalue weighted by molar-refractivity contribution is -0.137. The van der Waals surface area contributed by atoms with Gasteiger partial charge in [-0.15, -0.1) is 11.3 Å². The van der Waals surface area contributed by atoms with Gasteiger partial charge in [0.1, 0.15) is 5.01 Å². The van der Waals surface area contributed by atoms with E-state index in [1.165, 1.54) is 16.2 Å². The second-order valence-corrected chi connectivity index (χ2v) is 5.07. The number of carbonyl (C=O) groups excluding carboxylic acids is 1. The number of aliphatic carboxylic acids is 1. The topological polar surface area (TPSA) is 82.5 Å². The second-order valence-electron chi connectivity index (χ2n) is 3.75. The average molecular weight is 271 g/mol. The number of amides is 2. The van der Waals surface area contributed by atoms with Crippen LogP contribution in [0.25, 0.3) is 0 Å². The highest BCUT2D eigenvalue weighted by molar-refractivity contribution is 7.11. The molecule has 0 atom stereocenters. The number of aryl methyl sites for hydroxylation is 1. The molecule has 0 aliphatic rings. The molecule has 100 valence electrons. The Hall–Kier alpha value is -1.63. The molecular formula is C11H17N3O3S. The molecule has 0 unspecified atom stereocenters. The molecule has 0 fully saturated rings. The van der Waals surface area contributed by atoms with E-state index in [-0.39, 0.29) is 19.0 Å². The summed E-state index contributed by atoms with van der Waals surface area (Å²) in [6.07, 6.45) is 1.71. The highest BCUT2D eigenvalue weighted by Gasteiger charge is 2.12. The number of hydrogen-bond acceptors (Lipinski definition) is 4. The Morgan fingerprint density at radius 3 is 2.78 bits per heavy atom. The minimum absolute atomic E-state index is 0.0440. The molecule has 0 aromatic carbocycles. The van der Waals surface area contributed by atoms with Crippen LogP contribution in [0.15, 0.2) is 6.20 Å². The predicted octanol–water partition coefficient (Wildman–Crippen LogP) is 1.46. The molecule has 18 heavy (non-hydrogen) atoms. The molecular weight excluding hydrogens is 254 g/mol. The number of hydrogen-bond donors (Lipinski definition) is 2. The Kier molecular flexibility index (Phi) is 5.57. The van der Waals surface area contributed by atoms with Crippen molar-refractivity contribution in [2.24, 2.45) is 0 Å². The molecule has 0 aliphatic carbocycles. The fourth-order valence-corrected chi connectivity index (χ4v) is 2.11. The smallest absolute Gasteiger partial charge is 0.317 e. The molecule has 2 N–H and O–H groups in total. The fourth-order valence-electron chi connectivity index (χ4n) is 1.38. The summed E-state index contributed by atoms with van der Waals surface area (Å²) in [5.41, 5.74) is 0. The maximum atomic E-state index is 11.8. The molecule has 0 radical (unpaired) electrons. The Balaban J connectivity index is 2.39. The van der Waals surface area contributed by atoms with Gasteiger partial charge in [0.15, 0.2) is 0 Å². The van der Waals surface area contributed by atoms with Crippen LogP contribution in [0.4, 0.5) is 4.79 Å². The summed E-state index contributed by atoms with van der Waals surface area (Å²) < 4.78 is 0. The number of rotatable bonds is 6. The molecule has 2 amide bonds. The van der Waals surface area contributed by atoms with Crippen LogP contribution in [0.5, 0.6) is 0 Å². The van der Waals surface area contributed by atoms with E-state index in [1.807, 2.05) is 13.8 Å². The van der Waals surface area contributed by atoms with Crippen LogP contribution < -0.4 is 5.32 Å². The van der Waals surface area contributed by atoms with Crippen molar-refractivity contribution < 1.29 is 14.7 Å². The quantitative estimate of drug-likeness (QED) is 0.820. The van der Waals surface area contributed by atoms with Crippen molar-refractivity contribution in [1.82, 2.24) is 15.2 Å². The summed E-state index contributed by atoms with van der Waals surface area (Å²) in [5, 5.41) is 12.2. The number of thiazole rings is 1. The van der Waals surface area contributed by atoms with Crippen LogP contribution in [-0.2, 0) is 11.3 Å². The van der Waals surface area contributed by atoms with Crippen LogP contribution >= 0.6 is 11.3 Å². The first-order chi connectivity index (χ1) is 8.52. The van der Waals surface area contributed by atoms with Gasteiger partial charge in [-0.2, -0.15) is 0 Å². The van der Waals surface area contributed by atoms with Gasteiger partial charge in [0.25, 0.3) is 0 Å². The molecule has 0 saturated carbocycles. The first-order valence-corrected chi connectivity index (χ1v) is 6.50. The van der Waals surface area contributed by atoms with Crippen molar-refractivity contribution >= 4 is 23.3 Å².